The molecule has 0 saturated heterocycles. The van der Waals surface area contributed by atoms with Crippen molar-refractivity contribution in [3.63, 3.8) is 0 Å². The Morgan fingerprint density at radius 1 is 1.77 bits per heavy atom. The average Bonchev–Trinajstić information content (AvgIpc) is 2.04. The third-order valence-electron chi connectivity index (χ3n) is 1.32. The number of aromatic carboxylic acids is 1. The lowest BCUT2D eigenvalue weighted by Crippen LogP contribution is -2.02. The van der Waals surface area contributed by atoms with Crippen LogP contribution in [0, 0.1) is 0 Å². The van der Waals surface area contributed by atoms with Crippen molar-refractivity contribution in [2.75, 3.05) is 5.75 Å². The fourth-order valence-electron chi connectivity index (χ4n) is 0.847. The highest BCUT2D eigenvalue weighted by Gasteiger charge is 2.11. The van der Waals surface area contributed by atoms with Crippen molar-refractivity contribution in [1.29, 1.82) is 0 Å². The van der Waals surface area contributed by atoms with Crippen LogP contribution in [0.25, 0.3) is 0 Å². The minimum atomic E-state index is -0.983. The predicted octanol–water partition coefficient (Wildman–Crippen LogP) is 2.65. The summed E-state index contributed by atoms with van der Waals surface area (Å²) in [7, 11) is 0. The van der Waals surface area contributed by atoms with Gasteiger partial charge in [-0.15, -0.1) is 11.8 Å². The van der Waals surface area contributed by atoms with Gasteiger partial charge in [-0.25, -0.2) is 9.78 Å². The summed E-state index contributed by atoms with van der Waals surface area (Å²) in [6, 6.07) is 1.77. The molecule has 0 atom stereocenters. The van der Waals surface area contributed by atoms with Crippen LogP contribution in [0.4, 0.5) is 0 Å². The second-order valence-electron chi connectivity index (χ2n) is 2.24. The predicted molar refractivity (Wildman–Crippen MR) is 55.3 cm³/mol. The summed E-state index contributed by atoms with van der Waals surface area (Å²) < 4.78 is 0.799. The molecule has 5 heteroatoms. The van der Waals surface area contributed by atoms with Crippen molar-refractivity contribution in [1.82, 2.24) is 4.98 Å². The molecular formula is C8H8BrNO2S. The van der Waals surface area contributed by atoms with Gasteiger partial charge in [0.1, 0.15) is 0 Å². The number of nitrogens with zero attached hydrogens (tertiary/aromatic N) is 1. The lowest BCUT2D eigenvalue weighted by Gasteiger charge is -2.02. The Hall–Kier alpha value is -0.550. The zero-order valence-electron chi connectivity index (χ0n) is 6.95. The van der Waals surface area contributed by atoms with Crippen molar-refractivity contribution in [2.45, 2.75) is 11.8 Å². The Labute approximate surface area is 88.7 Å². The highest BCUT2D eigenvalue weighted by Crippen LogP contribution is 2.24. The number of halogens is 1. The quantitative estimate of drug-likeness (QED) is 0.851. The first-order chi connectivity index (χ1) is 6.15. The molecule has 0 aliphatic rings. The highest BCUT2D eigenvalue weighted by molar-refractivity contribution is 9.10. The molecular weight excluding hydrogens is 254 g/mol. The van der Waals surface area contributed by atoms with Gasteiger partial charge in [-0.05, 0) is 27.7 Å². The standard InChI is InChI=1S/C8H8BrNO2S/c1-2-13-6-3-5(9)4-10-7(6)8(11)12/h3-4H,2H2,1H3,(H,11,12). The molecule has 1 rings (SSSR count). The Morgan fingerprint density at radius 2 is 2.46 bits per heavy atom. The summed E-state index contributed by atoms with van der Waals surface area (Å²) in [6.45, 7) is 1.97. The van der Waals surface area contributed by atoms with Crippen LogP contribution in [0.1, 0.15) is 17.4 Å². The van der Waals surface area contributed by atoms with E-state index in [1.54, 1.807) is 6.07 Å². The van der Waals surface area contributed by atoms with Crippen molar-refractivity contribution in [2.24, 2.45) is 0 Å². The van der Waals surface area contributed by atoms with E-state index in [9.17, 15) is 4.79 Å². The van der Waals surface area contributed by atoms with E-state index in [0.717, 1.165) is 10.2 Å². The van der Waals surface area contributed by atoms with Gasteiger partial charge in [-0.1, -0.05) is 6.92 Å². The van der Waals surface area contributed by atoms with Crippen molar-refractivity contribution >= 4 is 33.7 Å². The molecule has 0 aliphatic carbocycles. The van der Waals surface area contributed by atoms with E-state index in [1.165, 1.54) is 18.0 Å². The van der Waals surface area contributed by atoms with Gasteiger partial charge in [0, 0.05) is 15.6 Å². The van der Waals surface area contributed by atoms with E-state index >= 15 is 0 Å². The van der Waals surface area contributed by atoms with Crippen LogP contribution >= 0.6 is 27.7 Å². The Bertz CT molecular complexity index is 330. The number of thioether (sulfide) groups is 1. The first-order valence-electron chi connectivity index (χ1n) is 3.66. The molecule has 0 unspecified atom stereocenters. The number of aromatic nitrogens is 1. The molecule has 1 aromatic heterocycles. The topological polar surface area (TPSA) is 50.2 Å². The van der Waals surface area contributed by atoms with Crippen LogP contribution in [0.2, 0.25) is 0 Å². The van der Waals surface area contributed by atoms with Crippen LogP contribution in [0.15, 0.2) is 21.6 Å². The van der Waals surface area contributed by atoms with Crippen molar-refractivity contribution < 1.29 is 9.90 Å². The van der Waals surface area contributed by atoms with E-state index in [1.807, 2.05) is 6.92 Å². The second-order valence-corrected chi connectivity index (χ2v) is 4.46. The van der Waals surface area contributed by atoms with Crippen LogP contribution in [0.3, 0.4) is 0 Å². The van der Waals surface area contributed by atoms with Gasteiger partial charge in [0.15, 0.2) is 5.69 Å². The summed E-state index contributed by atoms with van der Waals surface area (Å²) in [5.74, 6) is -0.151. The Balaban J connectivity index is 3.10. The molecule has 0 saturated carbocycles. The molecule has 0 spiro atoms. The molecule has 1 heterocycles. The Morgan fingerprint density at radius 3 is 3.00 bits per heavy atom. The highest BCUT2D eigenvalue weighted by atomic mass is 79.9. The largest absolute Gasteiger partial charge is 0.476 e. The molecule has 0 aliphatic heterocycles. The molecule has 13 heavy (non-hydrogen) atoms. The van der Waals surface area contributed by atoms with Gasteiger partial charge in [0.2, 0.25) is 0 Å². The van der Waals surface area contributed by atoms with E-state index in [0.29, 0.717) is 4.90 Å². The molecule has 0 radical (unpaired) electrons. The summed E-state index contributed by atoms with van der Waals surface area (Å²) in [4.78, 5) is 15.2. The summed E-state index contributed by atoms with van der Waals surface area (Å²) in [6.07, 6.45) is 1.49. The molecule has 1 N–H and O–H groups in total. The van der Waals surface area contributed by atoms with E-state index in [-0.39, 0.29) is 5.69 Å². The van der Waals surface area contributed by atoms with Crippen molar-refractivity contribution in [3.05, 3.63) is 22.4 Å². The zero-order valence-corrected chi connectivity index (χ0v) is 9.35. The van der Waals surface area contributed by atoms with E-state index in [4.69, 9.17) is 5.11 Å². The van der Waals surface area contributed by atoms with Gasteiger partial charge in [0.25, 0.3) is 0 Å². The number of carbonyl (C=O) groups is 1. The lowest BCUT2D eigenvalue weighted by molar-refractivity contribution is 0.0686. The van der Waals surface area contributed by atoms with E-state index in [2.05, 4.69) is 20.9 Å². The molecule has 1 aromatic rings. The van der Waals surface area contributed by atoms with Crippen LogP contribution in [-0.2, 0) is 0 Å². The molecule has 0 aromatic carbocycles. The smallest absolute Gasteiger partial charge is 0.355 e. The second kappa shape index (κ2) is 4.62. The van der Waals surface area contributed by atoms with E-state index < -0.39 is 5.97 Å². The minimum absolute atomic E-state index is 0.120. The van der Waals surface area contributed by atoms with Gasteiger partial charge in [-0.3, -0.25) is 0 Å². The van der Waals surface area contributed by atoms with Crippen molar-refractivity contribution in [3.8, 4) is 0 Å². The van der Waals surface area contributed by atoms with Gasteiger partial charge < -0.3 is 5.11 Å². The number of hydrogen-bond donors (Lipinski definition) is 1. The fraction of sp³-hybridized carbons (Fsp3) is 0.250. The summed E-state index contributed by atoms with van der Waals surface area (Å²) in [5, 5.41) is 8.79. The lowest BCUT2D eigenvalue weighted by atomic mass is 10.3. The average molecular weight is 262 g/mol. The maximum atomic E-state index is 10.7. The van der Waals surface area contributed by atoms with Crippen LogP contribution < -0.4 is 0 Å². The maximum Gasteiger partial charge on any atom is 0.355 e. The fourth-order valence-corrected chi connectivity index (χ4v) is 2.13. The van der Waals surface area contributed by atoms with Crippen LogP contribution in [-0.4, -0.2) is 21.8 Å². The summed E-state index contributed by atoms with van der Waals surface area (Å²) >= 11 is 4.72. The Kier molecular flexibility index (Phi) is 3.74. The molecule has 0 fully saturated rings. The first kappa shape index (κ1) is 10.5. The normalized spacial score (nSPS) is 10.0. The third kappa shape index (κ3) is 2.70. The van der Waals surface area contributed by atoms with Gasteiger partial charge in [0.05, 0.1) is 0 Å². The molecule has 0 bridgehead atoms. The minimum Gasteiger partial charge on any atom is -0.476 e. The number of hydrogen-bond acceptors (Lipinski definition) is 3. The molecule has 3 nitrogen and oxygen atoms in total. The zero-order chi connectivity index (χ0) is 9.84. The molecule has 70 valence electrons. The SMILES string of the molecule is CCSc1cc(Br)cnc1C(=O)O. The number of carboxylic acids is 1. The molecule has 0 amide bonds. The van der Waals surface area contributed by atoms with Gasteiger partial charge in [-0.2, -0.15) is 0 Å². The first-order valence-corrected chi connectivity index (χ1v) is 5.44. The maximum absolute atomic E-state index is 10.7. The number of pyridine rings is 1. The van der Waals surface area contributed by atoms with Crippen LogP contribution in [0.5, 0.6) is 0 Å². The number of rotatable bonds is 3. The monoisotopic (exact) mass is 261 g/mol. The third-order valence-corrected chi connectivity index (χ3v) is 2.67. The van der Waals surface area contributed by atoms with Gasteiger partial charge >= 0.3 is 5.97 Å². The number of carboxylic acid groups (broad SMARTS) is 1. The summed E-state index contributed by atoms with van der Waals surface area (Å²) in [5.41, 5.74) is 0.120.